The van der Waals surface area contributed by atoms with Crippen LogP contribution in [0.5, 0.6) is 0 Å². The van der Waals surface area contributed by atoms with Gasteiger partial charge in [0.2, 0.25) is 5.91 Å². The van der Waals surface area contributed by atoms with Crippen molar-refractivity contribution in [2.45, 2.75) is 75.1 Å². The van der Waals surface area contributed by atoms with Gasteiger partial charge < -0.3 is 15.7 Å². The zero-order valence-electron chi connectivity index (χ0n) is 16.1. The third-order valence-corrected chi connectivity index (χ3v) is 7.51. The van der Waals surface area contributed by atoms with Gasteiger partial charge in [-0.05, 0) is 74.5 Å². The number of nitrogens with zero attached hydrogens (tertiary/aromatic N) is 2. The maximum absolute atomic E-state index is 13.1. The molecule has 28 heavy (non-hydrogen) atoms. The maximum atomic E-state index is 13.1. The number of amides is 1. The molecule has 1 aliphatic heterocycles. The Bertz CT molecular complexity index is 800. The van der Waals surface area contributed by atoms with Gasteiger partial charge in [-0.3, -0.25) is 9.35 Å². The Morgan fingerprint density at radius 3 is 2.29 bits per heavy atom. The number of likely N-dealkylation sites (tertiary alicyclic amines) is 1. The van der Waals surface area contributed by atoms with Crippen molar-refractivity contribution in [3.05, 3.63) is 0 Å². The van der Waals surface area contributed by atoms with E-state index in [1.807, 2.05) is 0 Å². The molecule has 6 aliphatic rings. The first-order chi connectivity index (χ1) is 12.9. The molecule has 0 aromatic heterocycles. The van der Waals surface area contributed by atoms with Crippen LogP contribution in [0.3, 0.4) is 0 Å². The third kappa shape index (κ3) is 3.56. The number of hydrogen-bond donors (Lipinski definition) is 3. The van der Waals surface area contributed by atoms with Crippen molar-refractivity contribution in [2.24, 2.45) is 28.9 Å². The molecular formula is C19H29N3O5S. The van der Waals surface area contributed by atoms with Crippen molar-refractivity contribution in [3.63, 3.8) is 0 Å². The predicted molar refractivity (Wildman–Crippen MR) is 100 cm³/mol. The van der Waals surface area contributed by atoms with Crippen molar-refractivity contribution in [2.75, 3.05) is 6.26 Å². The summed E-state index contributed by atoms with van der Waals surface area (Å²) in [6.45, 7) is 0. The van der Waals surface area contributed by atoms with E-state index in [1.54, 1.807) is 4.90 Å². The first-order valence-electron chi connectivity index (χ1n) is 10.1. The molecule has 1 amide bonds. The number of carbonyl (C=O) groups excluding carboxylic acids is 1. The largest absolute Gasteiger partial charge is 0.390 e. The number of fused-ring (bicyclic) bond motifs is 1. The van der Waals surface area contributed by atoms with Crippen LogP contribution >= 0.6 is 0 Å². The summed E-state index contributed by atoms with van der Waals surface area (Å²) in [5, 5.41) is 20.2. The summed E-state index contributed by atoms with van der Waals surface area (Å²) in [6, 6.07) is 1.72. The Kier molecular flexibility index (Phi) is 4.58. The summed E-state index contributed by atoms with van der Waals surface area (Å²) in [4.78, 5) is 14.9. The first-order valence-corrected chi connectivity index (χ1v) is 11.9. The van der Waals surface area contributed by atoms with E-state index in [4.69, 9.17) is 10.3 Å². The van der Waals surface area contributed by atoms with Gasteiger partial charge in [-0.1, -0.05) is 0 Å². The van der Waals surface area contributed by atoms with Crippen LogP contribution in [0.1, 0.15) is 51.4 Å². The van der Waals surface area contributed by atoms with Crippen LogP contribution < -0.4 is 5.73 Å². The predicted octanol–water partition coefficient (Wildman–Crippen LogP) is 0.662. The minimum absolute atomic E-state index is 0.0212. The average Bonchev–Trinajstić information content (AvgIpc) is 3.20. The van der Waals surface area contributed by atoms with E-state index >= 15 is 0 Å². The highest BCUT2D eigenvalue weighted by Crippen LogP contribution is 2.63. The monoisotopic (exact) mass is 411 g/mol. The van der Waals surface area contributed by atoms with E-state index in [0.717, 1.165) is 38.5 Å². The number of nitriles is 1. The van der Waals surface area contributed by atoms with Crippen LogP contribution in [0, 0.1) is 34.5 Å². The molecule has 8 nitrogen and oxygen atoms in total. The molecule has 9 heteroatoms. The van der Waals surface area contributed by atoms with Gasteiger partial charge in [0.1, 0.15) is 6.04 Å². The van der Waals surface area contributed by atoms with Gasteiger partial charge >= 0.3 is 0 Å². The van der Waals surface area contributed by atoms with Crippen molar-refractivity contribution in [1.29, 1.82) is 5.26 Å². The zero-order valence-corrected chi connectivity index (χ0v) is 16.9. The quantitative estimate of drug-likeness (QED) is 0.566. The molecule has 0 radical (unpaired) electrons. The number of carbonyl (C=O) groups is 1. The standard InChI is InChI=1S/C18H25N3O2.CH4O3S/c19-8-13-2-12-3-14(12)21(13)16(22)15(20)17-4-10-1-11(5-17)7-18(23,6-10)9-17;1-5(2,3)4/h10-15,23H,1-7,9,20H2;1H3,(H,2,3,4)/t10-,11+,12-,13+,14+,15-,17?,18?;/m1./s1. The van der Waals surface area contributed by atoms with E-state index in [-0.39, 0.29) is 23.4 Å². The van der Waals surface area contributed by atoms with Crippen molar-refractivity contribution in [3.8, 4) is 6.07 Å². The van der Waals surface area contributed by atoms with E-state index < -0.39 is 21.8 Å². The van der Waals surface area contributed by atoms with Crippen molar-refractivity contribution in [1.82, 2.24) is 4.90 Å². The van der Waals surface area contributed by atoms with Gasteiger partial charge in [-0.25, -0.2) is 0 Å². The van der Waals surface area contributed by atoms with Gasteiger partial charge in [0.15, 0.2) is 0 Å². The molecule has 2 unspecified atom stereocenters. The lowest BCUT2D eigenvalue weighted by molar-refractivity contribution is -0.177. The molecule has 0 aromatic rings. The van der Waals surface area contributed by atoms with Crippen LogP contribution in [-0.4, -0.2) is 58.9 Å². The number of nitrogens with two attached hydrogens (primary N) is 1. The summed E-state index contributed by atoms with van der Waals surface area (Å²) in [6.07, 6.45) is 8.20. The second-order valence-corrected chi connectivity index (χ2v) is 11.4. The Labute approximate surface area is 165 Å². The second kappa shape index (κ2) is 6.39. The van der Waals surface area contributed by atoms with E-state index in [0.29, 0.717) is 30.4 Å². The molecule has 5 saturated carbocycles. The Hall–Kier alpha value is -1.21. The fraction of sp³-hybridized carbons (Fsp3) is 0.895. The lowest BCUT2D eigenvalue weighted by Gasteiger charge is -2.61. The Morgan fingerprint density at radius 2 is 1.79 bits per heavy atom. The number of rotatable bonds is 2. The molecule has 5 aliphatic carbocycles. The van der Waals surface area contributed by atoms with Gasteiger partial charge in [0.25, 0.3) is 10.1 Å². The Morgan fingerprint density at radius 1 is 1.21 bits per heavy atom. The molecule has 6 rings (SSSR count). The molecule has 4 N–H and O–H groups in total. The summed E-state index contributed by atoms with van der Waals surface area (Å²) >= 11 is 0. The van der Waals surface area contributed by atoms with Gasteiger partial charge in [-0.2, -0.15) is 13.7 Å². The van der Waals surface area contributed by atoms with Crippen LogP contribution in [0.4, 0.5) is 0 Å². The first kappa shape index (κ1) is 20.1. The molecule has 1 heterocycles. The van der Waals surface area contributed by atoms with Crippen LogP contribution in [0.2, 0.25) is 0 Å². The fourth-order valence-corrected chi connectivity index (χ4v) is 6.96. The molecular weight excluding hydrogens is 382 g/mol. The van der Waals surface area contributed by atoms with E-state index in [1.165, 1.54) is 6.42 Å². The van der Waals surface area contributed by atoms with Crippen molar-refractivity contribution >= 4 is 16.0 Å². The maximum Gasteiger partial charge on any atom is 0.261 e. The molecule has 0 spiro atoms. The smallest absolute Gasteiger partial charge is 0.261 e. The normalized spacial score (nSPS) is 46.2. The number of aliphatic hydroxyl groups is 1. The summed E-state index contributed by atoms with van der Waals surface area (Å²) < 4.78 is 25.9. The zero-order chi connectivity index (χ0) is 20.5. The molecule has 156 valence electrons. The lowest BCUT2D eigenvalue weighted by atomic mass is 9.46. The molecule has 4 bridgehead atoms. The average molecular weight is 412 g/mol. The third-order valence-electron chi connectivity index (χ3n) is 7.51. The summed E-state index contributed by atoms with van der Waals surface area (Å²) in [7, 11) is -3.67. The summed E-state index contributed by atoms with van der Waals surface area (Å²) in [5.41, 5.74) is 5.71. The highest BCUT2D eigenvalue weighted by Gasteiger charge is 2.62. The van der Waals surface area contributed by atoms with Gasteiger partial charge in [0, 0.05) is 6.04 Å². The van der Waals surface area contributed by atoms with Crippen LogP contribution in [-0.2, 0) is 14.9 Å². The highest BCUT2D eigenvalue weighted by atomic mass is 32.2. The fourth-order valence-electron chi connectivity index (χ4n) is 6.96. The minimum atomic E-state index is -3.67. The van der Waals surface area contributed by atoms with Crippen LogP contribution in [0.15, 0.2) is 0 Å². The SMILES string of the molecule is CS(=O)(=O)O.N#C[C@@H]1C[C@@H]2C[C@@H]2N1C(=O)[C@@H](N)C12C[C@@H]3C[C@@H](CC(O)(C3)C1)C2. The molecule has 8 atom stereocenters. The molecule has 1 saturated heterocycles. The molecule has 6 fully saturated rings. The van der Waals surface area contributed by atoms with Crippen molar-refractivity contribution < 1.29 is 22.9 Å². The van der Waals surface area contributed by atoms with E-state index in [9.17, 15) is 23.6 Å². The topological polar surface area (TPSA) is 145 Å². The van der Waals surface area contributed by atoms with Gasteiger partial charge in [-0.15, -0.1) is 0 Å². The minimum Gasteiger partial charge on any atom is -0.390 e. The number of piperidine rings is 1. The lowest BCUT2D eigenvalue weighted by Crippen LogP contribution is -2.64. The molecule has 0 aromatic carbocycles. The van der Waals surface area contributed by atoms with Crippen LogP contribution in [0.25, 0.3) is 0 Å². The van der Waals surface area contributed by atoms with Gasteiger partial charge in [0.05, 0.1) is 24.0 Å². The summed E-state index contributed by atoms with van der Waals surface area (Å²) in [5.74, 6) is 1.56. The number of hydrogen-bond acceptors (Lipinski definition) is 6. The Balaban J connectivity index is 0.000000346. The van der Waals surface area contributed by atoms with E-state index in [2.05, 4.69) is 6.07 Å². The second-order valence-electron chi connectivity index (χ2n) is 9.95. The highest BCUT2D eigenvalue weighted by molar-refractivity contribution is 7.85.